The molecule has 0 aromatic heterocycles. The van der Waals surface area contributed by atoms with Crippen molar-refractivity contribution in [1.82, 2.24) is 7.79 Å². The molecule has 0 saturated carbocycles. The smallest absolute Gasteiger partial charge is 0.105 e. The summed E-state index contributed by atoms with van der Waals surface area (Å²) in [6, 6.07) is 0. The summed E-state index contributed by atoms with van der Waals surface area (Å²) in [4.78, 5) is 0. The fourth-order valence-corrected chi connectivity index (χ4v) is 57.4. The highest BCUT2D eigenvalue weighted by atomic mass is 29.8. The molecule has 0 saturated heterocycles. The van der Waals surface area contributed by atoms with Gasteiger partial charge < -0.3 is 7.79 Å². The lowest BCUT2D eigenvalue weighted by Crippen LogP contribution is -2.63. The second-order valence-electron chi connectivity index (χ2n) is 9.95. The van der Waals surface area contributed by atoms with Crippen LogP contribution in [0, 0.1) is 0 Å². The third kappa shape index (κ3) is 9.95. The molecule has 10 radical (unpaired) electrons. The van der Waals surface area contributed by atoms with E-state index in [0.717, 1.165) is 18.4 Å². The summed E-state index contributed by atoms with van der Waals surface area (Å²) < 4.78 is 5.99. The molecule has 11 heteroatoms. The van der Waals surface area contributed by atoms with Gasteiger partial charge in [-0.3, -0.25) is 0 Å². The Labute approximate surface area is 162 Å². The van der Waals surface area contributed by atoms with Crippen LogP contribution >= 0.6 is 0 Å². The molecule has 0 aromatic rings. The van der Waals surface area contributed by atoms with E-state index in [1.165, 1.54) is 25.7 Å². The lowest BCUT2D eigenvalue weighted by molar-refractivity contribution is 0.966. The predicted octanol–water partition coefficient (Wildman–Crippen LogP) is 2.94. The summed E-state index contributed by atoms with van der Waals surface area (Å²) in [5, 5.41) is 0. The van der Waals surface area contributed by atoms with Gasteiger partial charge in [-0.25, -0.2) is 0 Å². The van der Waals surface area contributed by atoms with E-state index < -0.39 is 32.9 Å². The van der Waals surface area contributed by atoms with Gasteiger partial charge in [-0.15, -0.1) is 0 Å². The molecular weight excluding hydrogens is 425 g/mol. The molecule has 0 amide bonds. The number of rotatable bonds is 10. The van der Waals surface area contributed by atoms with Crippen molar-refractivity contribution in [2.24, 2.45) is 0 Å². The van der Waals surface area contributed by atoms with Crippen LogP contribution in [-0.2, 0) is 0 Å². The summed E-state index contributed by atoms with van der Waals surface area (Å²) in [6.45, 7) is 30.4. The molecule has 0 spiro atoms. The van der Waals surface area contributed by atoms with Crippen molar-refractivity contribution in [2.75, 3.05) is 0 Å². The van der Waals surface area contributed by atoms with Crippen molar-refractivity contribution in [3.8, 4) is 0 Å². The van der Waals surface area contributed by atoms with Gasteiger partial charge in [0.15, 0.2) is 0 Å². The van der Waals surface area contributed by atoms with E-state index in [2.05, 4.69) is 86.4 Å². The Bertz CT molecular complexity index is 290. The topological polar surface area (TPSA) is 6.48 Å². The number of hydrogen-bond donors (Lipinski definition) is 0. The van der Waals surface area contributed by atoms with Gasteiger partial charge in [-0.2, -0.15) is 0 Å². The maximum atomic E-state index is 2.99. The Morgan fingerprint density at radius 1 is 0.391 bits per heavy atom. The highest BCUT2D eigenvalue weighted by molar-refractivity contribution is 7.54. The van der Waals surface area contributed by atoms with Gasteiger partial charge in [-0.1, -0.05) is 78.6 Å². The molecule has 0 aliphatic carbocycles. The van der Waals surface area contributed by atoms with E-state index >= 15 is 0 Å². The quantitative estimate of drug-likeness (QED) is 0.365. The zero-order chi connectivity index (χ0) is 18.7. The molecule has 0 bridgehead atoms. The first-order chi connectivity index (χ1) is 9.97. The molecule has 0 rings (SSSR count). The van der Waals surface area contributed by atoms with E-state index in [0.29, 0.717) is 0 Å². The molecule has 0 heterocycles. The van der Waals surface area contributed by atoms with Crippen LogP contribution in [0.3, 0.4) is 0 Å². The fraction of sp³-hybridized carbons (Fsp3) is 1.00. The molecule has 0 aliphatic rings. The second-order valence-corrected chi connectivity index (χ2v) is 44.2. The molecule has 2 nitrogen and oxygen atoms in total. The minimum Gasteiger partial charge on any atom is -0.373 e. The van der Waals surface area contributed by atoms with Crippen molar-refractivity contribution < 1.29 is 0 Å². The second kappa shape index (κ2) is 9.19. The largest absolute Gasteiger partial charge is 0.373 e. The highest BCUT2D eigenvalue weighted by Crippen LogP contribution is 2.18. The van der Waals surface area contributed by atoms with Gasteiger partial charge >= 0.3 is 0 Å². The maximum absolute atomic E-state index is 2.99. The van der Waals surface area contributed by atoms with Crippen molar-refractivity contribution >= 4 is 77.0 Å². The standard InChI is InChI=1S/C12H36N2Si9/c1-20(2,3)13(21(4,5)6)15-17-19-18-16-14(22(7,8)9)23(10,11)12/h1-12H3. The molecule has 0 atom stereocenters. The van der Waals surface area contributed by atoms with Gasteiger partial charge in [0.2, 0.25) is 0 Å². The third-order valence-corrected chi connectivity index (χ3v) is 43.3. The maximum Gasteiger partial charge on any atom is 0.105 e. The van der Waals surface area contributed by atoms with Gasteiger partial charge in [0.1, 0.15) is 51.3 Å². The van der Waals surface area contributed by atoms with E-state index in [9.17, 15) is 0 Å². The molecule has 23 heavy (non-hydrogen) atoms. The highest BCUT2D eigenvalue weighted by Gasteiger charge is 2.35. The average Bonchev–Trinajstić information content (AvgIpc) is 2.19. The van der Waals surface area contributed by atoms with E-state index in [-0.39, 0.29) is 0 Å². The summed E-state index contributed by atoms with van der Waals surface area (Å²) in [7, 11) is 1.31. The summed E-state index contributed by atoms with van der Waals surface area (Å²) >= 11 is 0. The van der Waals surface area contributed by atoms with Crippen molar-refractivity contribution in [3.05, 3.63) is 0 Å². The van der Waals surface area contributed by atoms with Crippen LogP contribution in [0.4, 0.5) is 0 Å². The third-order valence-electron chi connectivity index (χ3n) is 3.14. The van der Waals surface area contributed by atoms with Gasteiger partial charge in [0.05, 0.1) is 0 Å². The Morgan fingerprint density at radius 2 is 0.609 bits per heavy atom. The molecule has 0 fully saturated rings. The van der Waals surface area contributed by atoms with Crippen LogP contribution < -0.4 is 0 Å². The fourth-order valence-electron chi connectivity index (χ4n) is 2.88. The first-order valence-electron chi connectivity index (χ1n) is 8.34. The van der Waals surface area contributed by atoms with E-state index in [1.54, 1.807) is 0 Å². The Kier molecular flexibility index (Phi) is 9.93. The summed E-state index contributed by atoms with van der Waals surface area (Å²) in [5.74, 6) is 0. The average molecular weight is 461 g/mol. The molecule has 0 aromatic carbocycles. The molecule has 0 N–H and O–H groups in total. The van der Waals surface area contributed by atoms with Crippen LogP contribution in [0.25, 0.3) is 0 Å². The van der Waals surface area contributed by atoms with Gasteiger partial charge in [0, 0.05) is 25.7 Å². The minimum absolute atomic E-state index is 1.12. The Balaban J connectivity index is 4.46. The van der Waals surface area contributed by atoms with Crippen molar-refractivity contribution in [2.45, 2.75) is 78.6 Å². The van der Waals surface area contributed by atoms with Crippen LogP contribution in [-0.4, -0.2) is 84.8 Å². The number of nitrogens with zero attached hydrogens (tertiary/aromatic N) is 2. The Morgan fingerprint density at radius 3 is 0.783 bits per heavy atom. The van der Waals surface area contributed by atoms with Crippen LogP contribution in [0.5, 0.6) is 0 Å². The molecule has 0 aliphatic heterocycles. The SMILES string of the molecule is C[Si](C)(C)N([Si][Si][Si][Si][Si]N([Si](C)(C)C)[Si](C)(C)C)[Si](C)(C)C. The zero-order valence-electron chi connectivity index (χ0n) is 17.4. The van der Waals surface area contributed by atoms with E-state index in [4.69, 9.17) is 0 Å². The first kappa shape index (κ1) is 24.9. The molecule has 0 unspecified atom stereocenters. The Hall–Kier alpha value is 1.87. The van der Waals surface area contributed by atoms with Crippen molar-refractivity contribution in [3.63, 3.8) is 0 Å². The molecular formula is C12H36N2Si9. The number of hydrogen-bond acceptors (Lipinski definition) is 2. The van der Waals surface area contributed by atoms with Gasteiger partial charge in [0.25, 0.3) is 0 Å². The monoisotopic (exact) mass is 460 g/mol. The van der Waals surface area contributed by atoms with Crippen molar-refractivity contribution in [1.29, 1.82) is 0 Å². The lowest BCUT2D eigenvalue weighted by atomic mass is 11.8. The normalized spacial score (nSPS) is 14.9. The minimum atomic E-state index is -1.14. The lowest BCUT2D eigenvalue weighted by Gasteiger charge is -2.44. The predicted molar refractivity (Wildman–Crippen MR) is 126 cm³/mol. The van der Waals surface area contributed by atoms with Crippen LogP contribution in [0.15, 0.2) is 0 Å². The summed E-state index contributed by atoms with van der Waals surface area (Å²) in [6.07, 6.45) is 0. The van der Waals surface area contributed by atoms with E-state index in [1.807, 2.05) is 0 Å². The first-order valence-corrected chi connectivity index (χ1v) is 31.0. The van der Waals surface area contributed by atoms with Crippen LogP contribution in [0.1, 0.15) is 0 Å². The molecule has 130 valence electrons. The summed E-state index contributed by atoms with van der Waals surface area (Å²) in [5.41, 5.74) is 0. The van der Waals surface area contributed by atoms with Crippen LogP contribution in [0.2, 0.25) is 78.6 Å². The zero-order valence-corrected chi connectivity index (χ0v) is 26.4. The van der Waals surface area contributed by atoms with Gasteiger partial charge in [-0.05, 0) is 0 Å².